The van der Waals surface area contributed by atoms with Crippen LogP contribution in [0.4, 0.5) is 0 Å². The van der Waals surface area contributed by atoms with Gasteiger partial charge in [-0.1, -0.05) is 44.1 Å². The van der Waals surface area contributed by atoms with Gasteiger partial charge < -0.3 is 5.32 Å². The van der Waals surface area contributed by atoms with Crippen molar-refractivity contribution in [2.45, 2.75) is 78.0 Å². The molecule has 3 rings (SSSR count). The maximum absolute atomic E-state index is 14.2. The average Bonchev–Trinajstić information content (AvgIpc) is 2.94. The molecule has 1 N–H and O–H groups in total. The number of hydrogen-bond acceptors (Lipinski definition) is 4. The van der Waals surface area contributed by atoms with Crippen LogP contribution in [0.5, 0.6) is 0 Å². The molecular weight excluding hydrogens is 394 g/mol. The molecule has 1 saturated heterocycles. The third kappa shape index (κ3) is 3.94. The topological polar surface area (TPSA) is 63.2 Å². The molecule has 166 valence electrons. The lowest BCUT2D eigenvalue weighted by molar-refractivity contribution is -0.145. The summed E-state index contributed by atoms with van der Waals surface area (Å²) in [5.74, 6) is 0.216. The molecular formula is C25H37NO3S. The fourth-order valence-corrected chi connectivity index (χ4v) is 6.72. The molecule has 0 aromatic rings. The average molecular weight is 432 g/mol. The van der Waals surface area contributed by atoms with Gasteiger partial charge in [0.15, 0.2) is 5.78 Å². The minimum atomic E-state index is -1.11. The van der Waals surface area contributed by atoms with Crippen LogP contribution in [-0.4, -0.2) is 35.0 Å². The lowest BCUT2D eigenvalue weighted by Crippen LogP contribution is -2.55. The lowest BCUT2D eigenvalue weighted by Gasteiger charge is -2.46. The molecule has 6 atom stereocenters. The Morgan fingerprint density at radius 2 is 1.87 bits per heavy atom. The van der Waals surface area contributed by atoms with Gasteiger partial charge in [0, 0.05) is 30.7 Å². The monoisotopic (exact) mass is 431 g/mol. The second-order valence-corrected chi connectivity index (χ2v) is 11.1. The standard InChI is InChI=1S/C25H37NO3S/c1-14(2)10-20-22-17(5)16(4)12-18-11-15(3)8-7-9-19(27)13-21(30-6)23(28)25(18,22)24(29)26-20/h11-12,14,17-18,20-22H,7-10,13H2,1-6H3,(H,26,29)/b15-11-/t17-,18+,20+,21-,22+,25+/m1/s1. The molecule has 1 aliphatic heterocycles. The molecule has 3 aliphatic rings. The van der Waals surface area contributed by atoms with Crippen molar-refractivity contribution < 1.29 is 14.4 Å². The smallest absolute Gasteiger partial charge is 0.235 e. The molecule has 0 bridgehead atoms. The van der Waals surface area contributed by atoms with Crippen molar-refractivity contribution in [2.24, 2.45) is 29.1 Å². The first-order valence-electron chi connectivity index (χ1n) is 11.4. The summed E-state index contributed by atoms with van der Waals surface area (Å²) in [4.78, 5) is 40.5. The van der Waals surface area contributed by atoms with E-state index in [9.17, 15) is 14.4 Å². The van der Waals surface area contributed by atoms with Crippen LogP contribution in [0.15, 0.2) is 23.3 Å². The van der Waals surface area contributed by atoms with E-state index in [0.29, 0.717) is 12.3 Å². The number of amides is 1. The van der Waals surface area contributed by atoms with Crippen LogP contribution < -0.4 is 5.32 Å². The maximum Gasteiger partial charge on any atom is 0.235 e. The molecule has 4 nitrogen and oxygen atoms in total. The van der Waals surface area contributed by atoms with E-state index < -0.39 is 10.7 Å². The van der Waals surface area contributed by atoms with Gasteiger partial charge in [0.2, 0.25) is 5.91 Å². The number of thioether (sulfide) groups is 1. The minimum Gasteiger partial charge on any atom is -0.352 e. The van der Waals surface area contributed by atoms with Gasteiger partial charge in [-0.05, 0) is 51.2 Å². The van der Waals surface area contributed by atoms with Crippen molar-refractivity contribution in [2.75, 3.05) is 6.26 Å². The number of nitrogens with one attached hydrogen (secondary N) is 1. The van der Waals surface area contributed by atoms with Crippen LogP contribution in [0.25, 0.3) is 0 Å². The zero-order valence-electron chi connectivity index (χ0n) is 19.3. The van der Waals surface area contributed by atoms with Gasteiger partial charge in [-0.25, -0.2) is 0 Å². The Hall–Kier alpha value is -1.36. The lowest BCUT2D eigenvalue weighted by atomic mass is 9.54. The molecule has 0 aromatic carbocycles. The van der Waals surface area contributed by atoms with Crippen LogP contribution in [0, 0.1) is 29.1 Å². The van der Waals surface area contributed by atoms with Gasteiger partial charge >= 0.3 is 0 Å². The SMILES string of the molecule is CS[C@@H]1CC(=O)CCC/C(C)=C\[C@H]2C=C(C)[C@@H](C)[C@H]3[C@H](CC(C)C)NC(=O)[C@]32C1=O. The molecule has 0 aromatic heterocycles. The number of carbonyl (C=O) groups is 3. The third-order valence-electron chi connectivity index (χ3n) is 7.49. The second kappa shape index (κ2) is 9.02. The van der Waals surface area contributed by atoms with Gasteiger partial charge in [0.25, 0.3) is 0 Å². The van der Waals surface area contributed by atoms with E-state index in [4.69, 9.17) is 0 Å². The molecule has 0 radical (unpaired) electrons. The highest BCUT2D eigenvalue weighted by Crippen LogP contribution is 2.56. The van der Waals surface area contributed by atoms with Crippen LogP contribution in [0.1, 0.15) is 66.7 Å². The van der Waals surface area contributed by atoms with Crippen LogP contribution in [-0.2, 0) is 14.4 Å². The third-order valence-corrected chi connectivity index (χ3v) is 8.44. The van der Waals surface area contributed by atoms with Crippen molar-refractivity contribution >= 4 is 29.2 Å². The van der Waals surface area contributed by atoms with Crippen LogP contribution in [0.3, 0.4) is 0 Å². The van der Waals surface area contributed by atoms with Crippen molar-refractivity contribution in [3.05, 3.63) is 23.3 Å². The highest BCUT2D eigenvalue weighted by atomic mass is 32.2. The Morgan fingerprint density at radius 3 is 2.50 bits per heavy atom. The van der Waals surface area contributed by atoms with Gasteiger partial charge in [0.1, 0.15) is 11.2 Å². The fraction of sp³-hybridized carbons (Fsp3) is 0.720. The number of rotatable bonds is 3. The Bertz CT molecular complexity index is 783. The first-order valence-corrected chi connectivity index (χ1v) is 12.7. The zero-order chi connectivity index (χ0) is 22.2. The predicted octanol–water partition coefficient (Wildman–Crippen LogP) is 4.74. The van der Waals surface area contributed by atoms with Crippen LogP contribution >= 0.6 is 11.8 Å². The molecule has 1 fully saturated rings. The summed E-state index contributed by atoms with van der Waals surface area (Å²) in [6.45, 7) is 10.7. The van der Waals surface area contributed by atoms with Crippen molar-refractivity contribution in [3.63, 3.8) is 0 Å². The van der Waals surface area contributed by atoms with E-state index in [1.165, 1.54) is 22.9 Å². The summed E-state index contributed by atoms with van der Waals surface area (Å²) in [6, 6.07) is -0.0142. The molecule has 0 saturated carbocycles. The van der Waals surface area contributed by atoms with Crippen molar-refractivity contribution in [3.8, 4) is 0 Å². The molecule has 1 spiro atoms. The van der Waals surface area contributed by atoms with E-state index in [2.05, 4.69) is 52.1 Å². The number of Topliss-reactive ketones (excluding diaryl/α,β-unsaturated/α-hetero) is 2. The highest BCUT2D eigenvalue weighted by molar-refractivity contribution is 8.00. The fourth-order valence-electron chi connectivity index (χ4n) is 5.96. The van der Waals surface area contributed by atoms with E-state index in [1.54, 1.807) is 0 Å². The second-order valence-electron chi connectivity index (χ2n) is 10.0. The summed E-state index contributed by atoms with van der Waals surface area (Å²) < 4.78 is 0. The predicted molar refractivity (Wildman–Crippen MR) is 123 cm³/mol. The van der Waals surface area contributed by atoms with Crippen molar-refractivity contribution in [1.82, 2.24) is 5.32 Å². The van der Waals surface area contributed by atoms with E-state index >= 15 is 0 Å². The molecule has 1 heterocycles. The maximum atomic E-state index is 14.2. The first-order chi connectivity index (χ1) is 14.1. The van der Waals surface area contributed by atoms with Gasteiger partial charge in [-0.2, -0.15) is 11.8 Å². The number of hydrogen-bond donors (Lipinski definition) is 1. The first kappa shape index (κ1) is 23.3. The van der Waals surface area contributed by atoms with E-state index in [0.717, 1.165) is 19.3 Å². The molecule has 5 heteroatoms. The number of allylic oxidation sites excluding steroid dienone is 4. The summed E-state index contributed by atoms with van der Waals surface area (Å²) >= 11 is 1.43. The summed E-state index contributed by atoms with van der Waals surface area (Å²) in [7, 11) is 0. The summed E-state index contributed by atoms with van der Waals surface area (Å²) in [6.07, 6.45) is 9.46. The van der Waals surface area contributed by atoms with E-state index in [1.807, 2.05) is 6.26 Å². The van der Waals surface area contributed by atoms with Gasteiger partial charge in [-0.15, -0.1) is 0 Å². The Labute approximate surface area is 185 Å². The van der Waals surface area contributed by atoms with Gasteiger partial charge in [0.05, 0.1) is 5.25 Å². The van der Waals surface area contributed by atoms with Gasteiger partial charge in [-0.3, -0.25) is 14.4 Å². The summed E-state index contributed by atoms with van der Waals surface area (Å²) in [5, 5.41) is 2.79. The molecule has 30 heavy (non-hydrogen) atoms. The largest absolute Gasteiger partial charge is 0.352 e. The van der Waals surface area contributed by atoms with Crippen LogP contribution in [0.2, 0.25) is 0 Å². The molecule has 2 aliphatic carbocycles. The Kier molecular flexibility index (Phi) is 7.01. The number of ketones is 2. The quantitative estimate of drug-likeness (QED) is 0.518. The zero-order valence-corrected chi connectivity index (χ0v) is 20.1. The highest BCUT2D eigenvalue weighted by Gasteiger charge is 2.66. The Morgan fingerprint density at radius 1 is 1.17 bits per heavy atom. The molecule has 0 unspecified atom stereocenters. The normalized spacial score (nSPS) is 39.4. The number of carbonyl (C=O) groups excluding carboxylic acids is 3. The molecule has 1 amide bonds. The minimum absolute atomic E-state index is 0.0142. The van der Waals surface area contributed by atoms with Crippen molar-refractivity contribution in [1.29, 1.82) is 0 Å². The van der Waals surface area contributed by atoms with E-state index in [-0.39, 0.29) is 47.7 Å². The Balaban J connectivity index is 2.23. The summed E-state index contributed by atoms with van der Waals surface area (Å²) in [5.41, 5.74) is 1.31.